The molecule has 1 amide bonds. The van der Waals surface area contributed by atoms with E-state index in [2.05, 4.69) is 5.10 Å². The van der Waals surface area contributed by atoms with Gasteiger partial charge in [-0.15, -0.1) is 0 Å². The maximum absolute atomic E-state index is 13.6. The SMILES string of the molecule is Cc1c(Cl)c(C(F)F)nn1C(C)C(=O)Nc1c(F)c(F)c(F)c(F)c1F. The first-order valence-corrected chi connectivity index (χ1v) is 7.21. The van der Waals surface area contributed by atoms with Crippen LogP contribution in [0.3, 0.4) is 0 Å². The lowest BCUT2D eigenvalue weighted by Gasteiger charge is -2.16. The minimum absolute atomic E-state index is 0.0537. The summed E-state index contributed by atoms with van der Waals surface area (Å²) < 4.78 is 92.8. The van der Waals surface area contributed by atoms with E-state index in [9.17, 15) is 35.5 Å². The second kappa shape index (κ2) is 7.14. The molecule has 0 fully saturated rings. The first-order chi connectivity index (χ1) is 12.0. The number of rotatable bonds is 4. The van der Waals surface area contributed by atoms with Gasteiger partial charge in [-0.2, -0.15) is 5.10 Å². The number of nitrogens with one attached hydrogen (secondary N) is 1. The average Bonchev–Trinajstić information content (AvgIpc) is 2.90. The van der Waals surface area contributed by atoms with E-state index in [0.29, 0.717) is 0 Å². The van der Waals surface area contributed by atoms with Gasteiger partial charge < -0.3 is 5.32 Å². The summed E-state index contributed by atoms with van der Waals surface area (Å²) in [6, 6.07) is -1.45. The number of aromatic nitrogens is 2. The Hall–Kier alpha value is -2.30. The fraction of sp³-hybridized carbons (Fsp3) is 0.286. The van der Waals surface area contributed by atoms with Crippen molar-refractivity contribution in [3.63, 3.8) is 0 Å². The van der Waals surface area contributed by atoms with Gasteiger partial charge in [0.15, 0.2) is 23.3 Å². The third-order valence-electron chi connectivity index (χ3n) is 3.51. The van der Waals surface area contributed by atoms with E-state index in [1.165, 1.54) is 6.92 Å². The highest BCUT2D eigenvalue weighted by Crippen LogP contribution is 2.31. The van der Waals surface area contributed by atoms with Crippen LogP contribution in [0.4, 0.5) is 36.4 Å². The molecule has 1 atom stereocenters. The highest BCUT2D eigenvalue weighted by Gasteiger charge is 2.30. The Morgan fingerprint density at radius 1 is 1.04 bits per heavy atom. The molecule has 1 N–H and O–H groups in total. The first kappa shape index (κ1) is 20.0. The molecule has 1 aromatic heterocycles. The van der Waals surface area contributed by atoms with Gasteiger partial charge in [0, 0.05) is 0 Å². The summed E-state index contributed by atoms with van der Waals surface area (Å²) in [4.78, 5) is 12.1. The van der Waals surface area contributed by atoms with E-state index >= 15 is 0 Å². The Kier molecular flexibility index (Phi) is 5.49. The number of alkyl halides is 2. The monoisotopic (exact) mass is 403 g/mol. The molecule has 0 aliphatic carbocycles. The van der Waals surface area contributed by atoms with Gasteiger partial charge in [0.2, 0.25) is 11.7 Å². The Morgan fingerprint density at radius 3 is 1.92 bits per heavy atom. The number of nitrogens with zero attached hydrogens (tertiary/aromatic N) is 2. The molecule has 2 rings (SSSR count). The third-order valence-corrected chi connectivity index (χ3v) is 3.98. The lowest BCUT2D eigenvalue weighted by Crippen LogP contribution is -2.27. The summed E-state index contributed by atoms with van der Waals surface area (Å²) in [5.74, 6) is -12.6. The van der Waals surface area contributed by atoms with Crippen LogP contribution in [0, 0.1) is 36.0 Å². The Bertz CT molecular complexity index is 855. The van der Waals surface area contributed by atoms with Crippen molar-refractivity contribution in [2.75, 3.05) is 5.32 Å². The van der Waals surface area contributed by atoms with Crippen LogP contribution in [0.5, 0.6) is 0 Å². The molecule has 0 bridgehead atoms. The minimum atomic E-state index is -3.05. The van der Waals surface area contributed by atoms with E-state index in [0.717, 1.165) is 11.6 Å². The van der Waals surface area contributed by atoms with Crippen molar-refractivity contribution in [1.82, 2.24) is 9.78 Å². The van der Waals surface area contributed by atoms with Crippen LogP contribution < -0.4 is 5.32 Å². The summed E-state index contributed by atoms with van der Waals surface area (Å²) in [6.07, 6.45) is -3.05. The molecule has 1 heterocycles. The molecule has 1 unspecified atom stereocenters. The average molecular weight is 404 g/mol. The standard InChI is InChI=1S/C14H9ClF7N3O/c1-3-5(15)11(13(21)22)24-25(3)4(2)14(26)23-12-9(19)7(17)6(16)8(18)10(12)20/h4,13H,1-2H3,(H,23,26). The number of carbonyl (C=O) groups excluding carboxylic acids is 1. The van der Waals surface area contributed by atoms with Gasteiger partial charge in [0.05, 0.1) is 10.7 Å². The fourth-order valence-corrected chi connectivity index (χ4v) is 2.30. The van der Waals surface area contributed by atoms with Crippen LogP contribution in [0.25, 0.3) is 0 Å². The maximum atomic E-state index is 13.6. The van der Waals surface area contributed by atoms with E-state index in [1.54, 1.807) is 5.32 Å². The number of halogens is 8. The highest BCUT2D eigenvalue weighted by molar-refractivity contribution is 6.31. The van der Waals surface area contributed by atoms with Gasteiger partial charge in [0.25, 0.3) is 6.43 Å². The van der Waals surface area contributed by atoms with Crippen molar-refractivity contribution in [3.8, 4) is 0 Å². The molecular formula is C14H9ClF7N3O. The van der Waals surface area contributed by atoms with E-state index in [4.69, 9.17) is 11.6 Å². The van der Waals surface area contributed by atoms with Crippen molar-refractivity contribution in [1.29, 1.82) is 0 Å². The first-order valence-electron chi connectivity index (χ1n) is 6.83. The smallest absolute Gasteiger partial charge is 0.283 e. The predicted octanol–water partition coefficient (Wildman–Crippen LogP) is 4.68. The van der Waals surface area contributed by atoms with Crippen molar-refractivity contribution in [3.05, 3.63) is 45.5 Å². The predicted molar refractivity (Wildman–Crippen MR) is 76.5 cm³/mol. The van der Waals surface area contributed by atoms with Crippen LogP contribution in [0.15, 0.2) is 0 Å². The largest absolute Gasteiger partial charge is 0.319 e. The molecule has 0 saturated heterocycles. The Labute approximate surface area is 146 Å². The molecule has 0 saturated carbocycles. The van der Waals surface area contributed by atoms with Crippen molar-refractivity contribution in [2.24, 2.45) is 0 Å². The van der Waals surface area contributed by atoms with Gasteiger partial charge in [-0.1, -0.05) is 11.6 Å². The van der Waals surface area contributed by atoms with Crippen LogP contribution in [0.2, 0.25) is 5.02 Å². The summed E-state index contributed by atoms with van der Waals surface area (Å²) in [6.45, 7) is 2.36. The van der Waals surface area contributed by atoms with E-state index < -0.39 is 63.9 Å². The normalized spacial score (nSPS) is 12.6. The highest BCUT2D eigenvalue weighted by atomic mass is 35.5. The van der Waals surface area contributed by atoms with Gasteiger partial charge in [-0.25, -0.2) is 30.7 Å². The molecule has 0 aliphatic heterocycles. The minimum Gasteiger partial charge on any atom is -0.319 e. The van der Waals surface area contributed by atoms with Gasteiger partial charge in [0.1, 0.15) is 17.4 Å². The molecule has 0 aliphatic rings. The number of hydrogen-bond donors (Lipinski definition) is 1. The van der Waals surface area contributed by atoms with E-state index in [-0.39, 0.29) is 5.69 Å². The summed E-state index contributed by atoms with van der Waals surface area (Å²) in [5, 5.41) is 4.57. The molecule has 26 heavy (non-hydrogen) atoms. The van der Waals surface area contributed by atoms with Crippen molar-refractivity contribution in [2.45, 2.75) is 26.3 Å². The summed E-state index contributed by atoms with van der Waals surface area (Å²) >= 11 is 5.67. The van der Waals surface area contributed by atoms with Crippen molar-refractivity contribution < 1.29 is 35.5 Å². The molecule has 0 spiro atoms. The quantitative estimate of drug-likeness (QED) is 0.458. The second-order valence-corrected chi connectivity index (χ2v) is 5.52. The fourth-order valence-electron chi connectivity index (χ4n) is 2.09. The zero-order valence-electron chi connectivity index (χ0n) is 13.0. The van der Waals surface area contributed by atoms with Gasteiger partial charge >= 0.3 is 0 Å². The molecule has 12 heteroatoms. The molecular weight excluding hydrogens is 395 g/mol. The van der Waals surface area contributed by atoms with Crippen molar-refractivity contribution >= 4 is 23.2 Å². The third kappa shape index (κ3) is 3.22. The lowest BCUT2D eigenvalue weighted by molar-refractivity contribution is -0.119. The van der Waals surface area contributed by atoms with Crippen LogP contribution >= 0.6 is 11.6 Å². The lowest BCUT2D eigenvalue weighted by atomic mass is 10.2. The zero-order chi connectivity index (χ0) is 19.9. The van der Waals surface area contributed by atoms with Crippen LogP contribution in [-0.2, 0) is 4.79 Å². The molecule has 0 radical (unpaired) electrons. The molecule has 2 aromatic rings. The maximum Gasteiger partial charge on any atom is 0.283 e. The van der Waals surface area contributed by atoms with Crippen LogP contribution in [0.1, 0.15) is 30.8 Å². The number of carbonyl (C=O) groups is 1. The second-order valence-electron chi connectivity index (χ2n) is 5.14. The Morgan fingerprint density at radius 2 is 1.50 bits per heavy atom. The number of amides is 1. The summed E-state index contributed by atoms with van der Waals surface area (Å²) in [7, 11) is 0. The summed E-state index contributed by atoms with van der Waals surface area (Å²) in [5.41, 5.74) is -2.44. The molecule has 4 nitrogen and oxygen atoms in total. The number of benzene rings is 1. The Balaban J connectivity index is 2.39. The number of anilines is 1. The van der Waals surface area contributed by atoms with Crippen LogP contribution in [-0.4, -0.2) is 15.7 Å². The molecule has 1 aromatic carbocycles. The zero-order valence-corrected chi connectivity index (χ0v) is 13.7. The van der Waals surface area contributed by atoms with Gasteiger partial charge in [-0.05, 0) is 13.8 Å². The van der Waals surface area contributed by atoms with Gasteiger partial charge in [-0.3, -0.25) is 9.48 Å². The number of hydrogen-bond acceptors (Lipinski definition) is 2. The van der Waals surface area contributed by atoms with E-state index in [1.807, 2.05) is 0 Å². The topological polar surface area (TPSA) is 46.9 Å². The molecule has 142 valence electrons.